The van der Waals surface area contributed by atoms with Gasteiger partial charge in [-0.1, -0.05) is 0 Å². The maximum Gasteiger partial charge on any atom is 0.142 e. The molecule has 0 spiro atoms. The Balaban J connectivity index is 2.03. The van der Waals surface area contributed by atoms with Crippen molar-refractivity contribution in [2.45, 2.75) is 25.9 Å². The molecule has 0 aromatic carbocycles. The quantitative estimate of drug-likeness (QED) is 0.839. The molecule has 1 aliphatic rings. The van der Waals surface area contributed by atoms with Gasteiger partial charge in [0.15, 0.2) is 0 Å². The van der Waals surface area contributed by atoms with E-state index in [0.717, 1.165) is 31.6 Å². The first kappa shape index (κ1) is 11.9. The van der Waals surface area contributed by atoms with Crippen LogP contribution < -0.4 is 4.90 Å². The van der Waals surface area contributed by atoms with Crippen molar-refractivity contribution >= 4 is 5.69 Å². The molecule has 1 aromatic rings. The standard InChI is InChI=1S/C13H17N3O/c1-10(17)11-3-6-16(7-4-11)13-2-5-15-12(8-13)9-14/h2,5,8,10-11,17H,3-4,6-7H2,1H3. The van der Waals surface area contributed by atoms with Crippen molar-refractivity contribution in [3.8, 4) is 6.07 Å². The molecule has 1 unspecified atom stereocenters. The zero-order chi connectivity index (χ0) is 12.3. The van der Waals surface area contributed by atoms with E-state index in [-0.39, 0.29) is 6.10 Å². The number of aliphatic hydroxyl groups is 1. The van der Waals surface area contributed by atoms with Crippen molar-refractivity contribution < 1.29 is 5.11 Å². The first-order valence-electron chi connectivity index (χ1n) is 6.00. The van der Waals surface area contributed by atoms with E-state index in [1.165, 1.54) is 0 Å². The molecule has 0 bridgehead atoms. The van der Waals surface area contributed by atoms with Gasteiger partial charge in [0.25, 0.3) is 0 Å². The Kier molecular flexibility index (Phi) is 3.60. The zero-order valence-electron chi connectivity index (χ0n) is 10.0. The molecule has 4 heteroatoms. The predicted molar refractivity (Wildman–Crippen MR) is 65.6 cm³/mol. The minimum Gasteiger partial charge on any atom is -0.393 e. The average molecular weight is 231 g/mol. The van der Waals surface area contributed by atoms with Crippen molar-refractivity contribution in [2.75, 3.05) is 18.0 Å². The predicted octanol–water partition coefficient (Wildman–Crippen LogP) is 1.55. The third-order valence-electron chi connectivity index (χ3n) is 3.45. The van der Waals surface area contributed by atoms with Crippen LogP contribution in [-0.2, 0) is 0 Å². The highest BCUT2D eigenvalue weighted by molar-refractivity contribution is 5.49. The topological polar surface area (TPSA) is 60.1 Å². The lowest BCUT2D eigenvalue weighted by atomic mass is 9.92. The first-order valence-corrected chi connectivity index (χ1v) is 6.00. The van der Waals surface area contributed by atoms with Crippen molar-refractivity contribution in [1.29, 1.82) is 5.26 Å². The Bertz CT molecular complexity index is 417. The molecule has 0 radical (unpaired) electrons. The molecule has 1 saturated heterocycles. The van der Waals surface area contributed by atoms with Gasteiger partial charge < -0.3 is 10.0 Å². The SMILES string of the molecule is CC(O)C1CCN(c2ccnc(C#N)c2)CC1. The second-order valence-electron chi connectivity index (χ2n) is 4.58. The Hall–Kier alpha value is -1.60. The zero-order valence-corrected chi connectivity index (χ0v) is 10.0. The Morgan fingerprint density at radius 2 is 2.24 bits per heavy atom. The number of anilines is 1. The largest absolute Gasteiger partial charge is 0.393 e. The fourth-order valence-corrected chi connectivity index (χ4v) is 2.32. The number of hydrogen-bond acceptors (Lipinski definition) is 4. The van der Waals surface area contributed by atoms with E-state index < -0.39 is 0 Å². The Labute approximate surface area is 102 Å². The lowest BCUT2D eigenvalue weighted by Gasteiger charge is -2.34. The molecule has 17 heavy (non-hydrogen) atoms. The summed E-state index contributed by atoms with van der Waals surface area (Å²) in [6.45, 7) is 3.73. The van der Waals surface area contributed by atoms with Gasteiger partial charge in [0, 0.05) is 25.0 Å². The van der Waals surface area contributed by atoms with E-state index in [0.29, 0.717) is 11.6 Å². The van der Waals surface area contributed by atoms with Crippen molar-refractivity contribution in [2.24, 2.45) is 5.92 Å². The average Bonchev–Trinajstić information content (AvgIpc) is 2.39. The third kappa shape index (κ3) is 2.75. The number of aromatic nitrogens is 1. The van der Waals surface area contributed by atoms with Crippen LogP contribution in [0.25, 0.3) is 0 Å². The smallest absolute Gasteiger partial charge is 0.142 e. The van der Waals surface area contributed by atoms with Gasteiger partial charge in [-0.05, 0) is 37.8 Å². The van der Waals surface area contributed by atoms with Crippen molar-refractivity contribution in [1.82, 2.24) is 4.98 Å². The molecule has 1 aliphatic heterocycles. The van der Waals surface area contributed by atoms with E-state index in [4.69, 9.17) is 5.26 Å². The Morgan fingerprint density at radius 1 is 1.53 bits per heavy atom. The van der Waals surface area contributed by atoms with Crippen LogP contribution in [0.15, 0.2) is 18.3 Å². The normalized spacial score (nSPS) is 18.8. The molecule has 1 atom stereocenters. The molecular weight excluding hydrogens is 214 g/mol. The van der Waals surface area contributed by atoms with Gasteiger partial charge in [-0.15, -0.1) is 0 Å². The highest BCUT2D eigenvalue weighted by atomic mass is 16.3. The molecule has 0 aliphatic carbocycles. The summed E-state index contributed by atoms with van der Waals surface area (Å²) in [5.41, 5.74) is 1.51. The molecule has 2 heterocycles. The van der Waals surface area contributed by atoms with Crippen LogP contribution in [0.5, 0.6) is 0 Å². The van der Waals surface area contributed by atoms with Crippen LogP contribution in [0.3, 0.4) is 0 Å². The minimum absolute atomic E-state index is 0.218. The number of aliphatic hydroxyl groups excluding tert-OH is 1. The van der Waals surface area contributed by atoms with Gasteiger partial charge in [-0.3, -0.25) is 0 Å². The lowest BCUT2D eigenvalue weighted by molar-refractivity contribution is 0.110. The monoisotopic (exact) mass is 231 g/mol. The van der Waals surface area contributed by atoms with Crippen LogP contribution in [0.4, 0.5) is 5.69 Å². The molecule has 0 amide bonds. The highest BCUT2D eigenvalue weighted by Gasteiger charge is 2.22. The van der Waals surface area contributed by atoms with E-state index in [2.05, 4.69) is 16.0 Å². The number of pyridine rings is 1. The number of piperidine rings is 1. The number of nitriles is 1. The van der Waals surface area contributed by atoms with Crippen LogP contribution in [0, 0.1) is 17.2 Å². The summed E-state index contributed by atoms with van der Waals surface area (Å²) in [5.74, 6) is 0.406. The summed E-state index contributed by atoms with van der Waals surface area (Å²) in [4.78, 5) is 6.22. The van der Waals surface area contributed by atoms with Gasteiger partial charge in [0.1, 0.15) is 11.8 Å². The van der Waals surface area contributed by atoms with Gasteiger partial charge in [-0.25, -0.2) is 4.98 Å². The van der Waals surface area contributed by atoms with Crippen LogP contribution in [0.1, 0.15) is 25.5 Å². The van der Waals surface area contributed by atoms with Crippen LogP contribution >= 0.6 is 0 Å². The van der Waals surface area contributed by atoms with Gasteiger partial charge >= 0.3 is 0 Å². The Morgan fingerprint density at radius 3 is 2.82 bits per heavy atom. The maximum atomic E-state index is 9.54. The van der Waals surface area contributed by atoms with Gasteiger partial charge in [-0.2, -0.15) is 5.26 Å². The second-order valence-corrected chi connectivity index (χ2v) is 4.58. The number of rotatable bonds is 2. The maximum absolute atomic E-state index is 9.54. The second kappa shape index (κ2) is 5.15. The van der Waals surface area contributed by atoms with Gasteiger partial charge in [0.05, 0.1) is 6.10 Å². The molecule has 90 valence electrons. The number of nitrogens with zero attached hydrogens (tertiary/aromatic N) is 3. The first-order chi connectivity index (χ1) is 8.20. The highest BCUT2D eigenvalue weighted by Crippen LogP contribution is 2.25. The summed E-state index contributed by atoms with van der Waals surface area (Å²) in [6, 6.07) is 5.81. The van der Waals surface area contributed by atoms with E-state index in [1.807, 2.05) is 19.1 Å². The van der Waals surface area contributed by atoms with Crippen LogP contribution in [-0.4, -0.2) is 29.3 Å². The summed E-state index contributed by atoms with van der Waals surface area (Å²) < 4.78 is 0. The molecule has 1 N–H and O–H groups in total. The molecule has 1 fully saturated rings. The summed E-state index contributed by atoms with van der Waals surface area (Å²) >= 11 is 0. The van der Waals surface area contributed by atoms with E-state index >= 15 is 0 Å². The van der Waals surface area contributed by atoms with Crippen molar-refractivity contribution in [3.05, 3.63) is 24.0 Å². The lowest BCUT2D eigenvalue weighted by Crippen LogP contribution is -2.37. The fourth-order valence-electron chi connectivity index (χ4n) is 2.32. The molecular formula is C13H17N3O. The third-order valence-corrected chi connectivity index (χ3v) is 3.45. The minimum atomic E-state index is -0.218. The van der Waals surface area contributed by atoms with Gasteiger partial charge in [0.2, 0.25) is 0 Å². The van der Waals surface area contributed by atoms with E-state index in [9.17, 15) is 5.11 Å². The summed E-state index contributed by atoms with van der Waals surface area (Å²) in [5, 5.41) is 18.4. The molecule has 2 rings (SSSR count). The fraction of sp³-hybridized carbons (Fsp3) is 0.538. The van der Waals surface area contributed by atoms with E-state index in [1.54, 1.807) is 6.20 Å². The summed E-state index contributed by atoms with van der Waals surface area (Å²) in [7, 11) is 0. The molecule has 0 saturated carbocycles. The number of hydrogen-bond donors (Lipinski definition) is 1. The molecule has 4 nitrogen and oxygen atoms in total. The van der Waals surface area contributed by atoms with Crippen LogP contribution in [0.2, 0.25) is 0 Å². The van der Waals surface area contributed by atoms with Crippen molar-refractivity contribution in [3.63, 3.8) is 0 Å². The summed E-state index contributed by atoms with van der Waals surface area (Å²) in [6.07, 6.45) is 3.46. The molecule has 1 aromatic heterocycles.